The minimum atomic E-state index is -0.393. The lowest BCUT2D eigenvalue weighted by molar-refractivity contribution is -0.139. The van der Waals surface area contributed by atoms with Crippen molar-refractivity contribution in [2.45, 2.75) is 20.1 Å². The normalized spacial score (nSPS) is 12.5. The quantitative estimate of drug-likeness (QED) is 0.471. The Labute approximate surface area is 106 Å². The highest BCUT2D eigenvalue weighted by Crippen LogP contribution is 2.08. The molecule has 0 aromatic heterocycles. The molecule has 0 fully saturated rings. The molecule has 1 unspecified atom stereocenters. The Morgan fingerprint density at radius 1 is 1.47 bits per heavy atom. The zero-order valence-corrected chi connectivity index (χ0v) is 10.8. The van der Waals surface area contributed by atoms with Crippen LogP contribution >= 0.6 is 11.6 Å². The Morgan fingerprint density at radius 2 is 2.06 bits per heavy atom. The average Bonchev–Trinajstić information content (AvgIpc) is 2.30. The molecule has 17 heavy (non-hydrogen) atoms. The lowest BCUT2D eigenvalue weighted by Crippen LogP contribution is -2.34. The first-order valence-electron chi connectivity index (χ1n) is 5.19. The van der Waals surface area contributed by atoms with Gasteiger partial charge in [0.1, 0.15) is 0 Å². The lowest BCUT2D eigenvalue weighted by atomic mass is 10.2. The summed E-state index contributed by atoms with van der Waals surface area (Å²) in [7, 11) is 1.66. The van der Waals surface area contributed by atoms with Crippen LogP contribution in [-0.2, 0) is 9.63 Å². The molecule has 0 spiro atoms. The summed E-state index contributed by atoms with van der Waals surface area (Å²) in [5.41, 5.74) is 0.882. The molecule has 0 aliphatic rings. The van der Waals surface area contributed by atoms with Gasteiger partial charge < -0.3 is 9.74 Å². The second-order valence-electron chi connectivity index (χ2n) is 3.62. The predicted octanol–water partition coefficient (Wildman–Crippen LogP) is 2.51. The Kier molecular flexibility index (Phi) is 4.97. The van der Waals surface area contributed by atoms with Gasteiger partial charge in [-0.3, -0.25) is 4.79 Å². The van der Waals surface area contributed by atoms with Gasteiger partial charge in [0.2, 0.25) is 5.91 Å². The molecule has 5 heteroatoms. The van der Waals surface area contributed by atoms with E-state index in [4.69, 9.17) is 16.4 Å². The summed E-state index contributed by atoms with van der Waals surface area (Å²) in [6.07, 6.45) is 1.18. The first-order chi connectivity index (χ1) is 8.00. The van der Waals surface area contributed by atoms with E-state index >= 15 is 0 Å². The van der Waals surface area contributed by atoms with E-state index in [-0.39, 0.29) is 5.91 Å². The van der Waals surface area contributed by atoms with E-state index in [2.05, 4.69) is 5.16 Å². The Balaban J connectivity index is 2.50. The molecular weight excluding hydrogens is 240 g/mol. The molecule has 0 saturated heterocycles. The van der Waals surface area contributed by atoms with Crippen LogP contribution in [-0.4, -0.2) is 30.3 Å². The summed E-state index contributed by atoms with van der Waals surface area (Å²) >= 11 is 5.75. The van der Waals surface area contributed by atoms with Crippen molar-refractivity contribution in [2.75, 3.05) is 7.05 Å². The van der Waals surface area contributed by atoms with Crippen molar-refractivity contribution in [1.82, 2.24) is 4.90 Å². The van der Waals surface area contributed by atoms with Crippen LogP contribution in [0.2, 0.25) is 5.02 Å². The lowest BCUT2D eigenvalue weighted by Gasteiger charge is -2.20. The second-order valence-corrected chi connectivity index (χ2v) is 4.06. The summed E-state index contributed by atoms with van der Waals surface area (Å²) in [6, 6.07) is 7.20. The Bertz CT molecular complexity index is 403. The third kappa shape index (κ3) is 4.44. The van der Waals surface area contributed by atoms with Gasteiger partial charge in [-0.05, 0) is 24.6 Å². The van der Waals surface area contributed by atoms with Gasteiger partial charge in [-0.2, -0.15) is 0 Å². The van der Waals surface area contributed by atoms with Gasteiger partial charge in [0.25, 0.3) is 0 Å². The fourth-order valence-electron chi connectivity index (χ4n) is 1.05. The van der Waals surface area contributed by atoms with E-state index < -0.39 is 6.23 Å². The van der Waals surface area contributed by atoms with Crippen LogP contribution in [0.15, 0.2) is 29.4 Å². The van der Waals surface area contributed by atoms with E-state index in [1.165, 1.54) is 11.8 Å². The van der Waals surface area contributed by atoms with E-state index in [0.29, 0.717) is 5.02 Å². The Hall–Kier alpha value is -1.55. The standard InChI is InChI=1S/C12H15ClN2O2/c1-9(16)15(3)10(2)17-14-8-11-4-6-12(13)7-5-11/h4-8,10H,1-3H3/b14-8+. The van der Waals surface area contributed by atoms with Gasteiger partial charge >= 0.3 is 0 Å². The number of amides is 1. The fraction of sp³-hybridized carbons (Fsp3) is 0.333. The van der Waals surface area contributed by atoms with Crippen LogP contribution in [0.25, 0.3) is 0 Å². The van der Waals surface area contributed by atoms with Crippen LogP contribution in [0, 0.1) is 0 Å². The minimum Gasteiger partial charge on any atom is -0.371 e. The molecule has 0 radical (unpaired) electrons. The molecule has 1 aromatic carbocycles. The smallest absolute Gasteiger partial charge is 0.222 e. The summed E-state index contributed by atoms with van der Waals surface area (Å²) in [6.45, 7) is 3.23. The van der Waals surface area contributed by atoms with E-state index in [9.17, 15) is 4.79 Å². The van der Waals surface area contributed by atoms with Crippen LogP contribution in [0.5, 0.6) is 0 Å². The fourth-order valence-corrected chi connectivity index (χ4v) is 1.18. The zero-order chi connectivity index (χ0) is 12.8. The second kappa shape index (κ2) is 6.25. The summed E-state index contributed by atoms with van der Waals surface area (Å²) < 4.78 is 0. The van der Waals surface area contributed by atoms with Crippen molar-refractivity contribution in [3.8, 4) is 0 Å². The molecule has 1 atom stereocenters. The highest BCUT2D eigenvalue weighted by atomic mass is 35.5. The first-order valence-corrected chi connectivity index (χ1v) is 5.56. The molecule has 1 rings (SSSR count). The first kappa shape index (κ1) is 13.5. The van der Waals surface area contributed by atoms with Crippen molar-refractivity contribution in [2.24, 2.45) is 5.16 Å². The number of benzene rings is 1. The molecule has 0 bridgehead atoms. The minimum absolute atomic E-state index is 0.0702. The Morgan fingerprint density at radius 3 is 2.59 bits per heavy atom. The van der Waals surface area contributed by atoms with Gasteiger partial charge in [0.05, 0.1) is 6.21 Å². The maximum absolute atomic E-state index is 11.0. The number of hydrogen-bond acceptors (Lipinski definition) is 3. The molecule has 4 nitrogen and oxygen atoms in total. The molecule has 0 aliphatic carbocycles. The van der Waals surface area contributed by atoms with Gasteiger partial charge in [0, 0.05) is 19.0 Å². The summed E-state index contributed by atoms with van der Waals surface area (Å²) in [5, 5.41) is 4.49. The molecule has 1 amide bonds. The molecule has 0 saturated carbocycles. The molecule has 0 heterocycles. The molecular formula is C12H15ClN2O2. The van der Waals surface area contributed by atoms with Crippen molar-refractivity contribution >= 4 is 23.7 Å². The van der Waals surface area contributed by atoms with Crippen molar-refractivity contribution in [3.63, 3.8) is 0 Å². The van der Waals surface area contributed by atoms with Crippen molar-refractivity contribution in [3.05, 3.63) is 34.9 Å². The highest BCUT2D eigenvalue weighted by Gasteiger charge is 2.11. The predicted molar refractivity (Wildman–Crippen MR) is 68.0 cm³/mol. The zero-order valence-electron chi connectivity index (χ0n) is 10.1. The summed E-state index contributed by atoms with van der Waals surface area (Å²) in [5.74, 6) is -0.0702. The van der Waals surface area contributed by atoms with Crippen LogP contribution < -0.4 is 0 Å². The van der Waals surface area contributed by atoms with Crippen LogP contribution in [0.1, 0.15) is 19.4 Å². The molecule has 0 aliphatic heterocycles. The molecule has 92 valence electrons. The number of halogens is 1. The third-order valence-corrected chi connectivity index (χ3v) is 2.58. The number of carbonyl (C=O) groups is 1. The SMILES string of the molecule is CC(=O)N(C)C(C)O/N=C/c1ccc(Cl)cc1. The van der Waals surface area contributed by atoms with E-state index in [0.717, 1.165) is 5.56 Å². The topological polar surface area (TPSA) is 41.9 Å². The number of hydrogen-bond donors (Lipinski definition) is 0. The number of carbonyl (C=O) groups excluding carboxylic acids is 1. The summed E-state index contributed by atoms with van der Waals surface area (Å²) in [4.78, 5) is 17.6. The highest BCUT2D eigenvalue weighted by molar-refractivity contribution is 6.30. The number of rotatable bonds is 4. The largest absolute Gasteiger partial charge is 0.371 e. The van der Waals surface area contributed by atoms with Gasteiger partial charge in [-0.1, -0.05) is 28.9 Å². The van der Waals surface area contributed by atoms with Gasteiger partial charge in [0.15, 0.2) is 6.23 Å². The van der Waals surface area contributed by atoms with Crippen molar-refractivity contribution < 1.29 is 9.63 Å². The molecule has 1 aromatic rings. The maximum Gasteiger partial charge on any atom is 0.222 e. The monoisotopic (exact) mass is 254 g/mol. The van der Waals surface area contributed by atoms with E-state index in [1.807, 2.05) is 12.1 Å². The average molecular weight is 255 g/mol. The van der Waals surface area contributed by atoms with E-state index in [1.54, 1.807) is 32.3 Å². The molecule has 0 N–H and O–H groups in total. The van der Waals surface area contributed by atoms with Crippen LogP contribution in [0.4, 0.5) is 0 Å². The van der Waals surface area contributed by atoms with Gasteiger partial charge in [-0.25, -0.2) is 0 Å². The maximum atomic E-state index is 11.0. The van der Waals surface area contributed by atoms with Crippen molar-refractivity contribution in [1.29, 1.82) is 0 Å². The number of nitrogens with zero attached hydrogens (tertiary/aromatic N) is 2. The van der Waals surface area contributed by atoms with Gasteiger partial charge in [-0.15, -0.1) is 0 Å². The number of oxime groups is 1. The van der Waals surface area contributed by atoms with Crippen LogP contribution in [0.3, 0.4) is 0 Å². The third-order valence-electron chi connectivity index (χ3n) is 2.33.